The zero-order valence-corrected chi connectivity index (χ0v) is 13.3. The van der Waals surface area contributed by atoms with E-state index in [2.05, 4.69) is 39.1 Å². The van der Waals surface area contributed by atoms with Crippen LogP contribution in [0.4, 0.5) is 10.5 Å². The number of nitrogens with one attached hydrogen (secondary N) is 1. The Morgan fingerprint density at radius 3 is 2.70 bits per heavy atom. The van der Waals surface area contributed by atoms with Crippen LogP contribution in [0.1, 0.15) is 18.4 Å². The molecule has 2 heterocycles. The molecule has 0 bridgehead atoms. The number of urea groups is 1. The van der Waals surface area contributed by atoms with Gasteiger partial charge < -0.3 is 10.2 Å². The molecule has 2 saturated heterocycles. The first-order valence-electron chi connectivity index (χ1n) is 7.22. The van der Waals surface area contributed by atoms with E-state index in [-0.39, 0.29) is 6.03 Å². The summed E-state index contributed by atoms with van der Waals surface area (Å²) >= 11 is 3.51. The van der Waals surface area contributed by atoms with Crippen LogP contribution in [0.25, 0.3) is 0 Å². The van der Waals surface area contributed by atoms with Crippen molar-refractivity contribution in [2.24, 2.45) is 0 Å². The minimum absolute atomic E-state index is 0.165. The van der Waals surface area contributed by atoms with Crippen LogP contribution in [0.15, 0.2) is 22.7 Å². The molecule has 0 aliphatic carbocycles. The maximum Gasteiger partial charge on any atom is 0.324 e. The molecule has 0 radical (unpaired) electrons. The van der Waals surface area contributed by atoms with E-state index in [1.54, 1.807) is 0 Å². The lowest BCUT2D eigenvalue weighted by atomic mass is 10.1. The van der Waals surface area contributed by atoms with Gasteiger partial charge in [0.05, 0.1) is 0 Å². The second kappa shape index (κ2) is 5.74. The van der Waals surface area contributed by atoms with Gasteiger partial charge in [0.2, 0.25) is 0 Å². The normalized spacial score (nSPS) is 20.8. The van der Waals surface area contributed by atoms with E-state index in [1.165, 1.54) is 0 Å². The van der Waals surface area contributed by atoms with Gasteiger partial charge in [0.15, 0.2) is 0 Å². The van der Waals surface area contributed by atoms with Gasteiger partial charge in [-0.05, 0) is 56.6 Å². The summed E-state index contributed by atoms with van der Waals surface area (Å²) in [5, 5.41) is 3.35. The smallest absolute Gasteiger partial charge is 0.319 e. The molecule has 1 aromatic carbocycles. The molecular formula is C15H20BrN3O. The third-order valence-corrected chi connectivity index (χ3v) is 5.13. The first kappa shape index (κ1) is 13.9. The summed E-state index contributed by atoms with van der Waals surface area (Å²) < 4.78 is 1.09. The summed E-state index contributed by atoms with van der Waals surface area (Å²) in [7, 11) is 0. The summed E-state index contributed by atoms with van der Waals surface area (Å²) in [6.07, 6.45) is 2.14. The highest BCUT2D eigenvalue weighted by Gasteiger charge is 2.34. The molecule has 108 valence electrons. The van der Waals surface area contributed by atoms with Crippen molar-refractivity contribution >= 4 is 27.6 Å². The van der Waals surface area contributed by atoms with E-state index in [0.717, 1.165) is 54.7 Å². The quantitative estimate of drug-likeness (QED) is 0.900. The van der Waals surface area contributed by atoms with Crippen LogP contribution in [0, 0.1) is 6.92 Å². The number of amides is 2. The van der Waals surface area contributed by atoms with Gasteiger partial charge in [0.25, 0.3) is 0 Å². The number of hydrogen-bond acceptors (Lipinski definition) is 2. The highest BCUT2D eigenvalue weighted by molar-refractivity contribution is 9.10. The Hall–Kier alpha value is -1.07. The first-order valence-corrected chi connectivity index (χ1v) is 8.01. The fourth-order valence-electron chi connectivity index (χ4n) is 3.05. The van der Waals surface area contributed by atoms with Crippen LogP contribution in [0.3, 0.4) is 0 Å². The van der Waals surface area contributed by atoms with Gasteiger partial charge in [-0.3, -0.25) is 4.90 Å². The van der Waals surface area contributed by atoms with Crippen molar-refractivity contribution in [2.75, 3.05) is 31.1 Å². The number of carbonyl (C=O) groups is 1. The molecule has 1 aromatic rings. The van der Waals surface area contributed by atoms with Crippen molar-refractivity contribution < 1.29 is 4.79 Å². The Morgan fingerprint density at radius 2 is 2.00 bits per heavy atom. The van der Waals surface area contributed by atoms with Crippen molar-refractivity contribution in [3.8, 4) is 0 Å². The Balaban J connectivity index is 1.76. The molecule has 0 spiro atoms. The van der Waals surface area contributed by atoms with Crippen LogP contribution < -0.4 is 10.2 Å². The number of halogens is 1. The van der Waals surface area contributed by atoms with Gasteiger partial charge in [0, 0.05) is 29.3 Å². The number of nitrogens with zero attached hydrogens (tertiary/aromatic N) is 2. The Labute approximate surface area is 128 Å². The minimum atomic E-state index is 0.165. The predicted octanol–water partition coefficient (Wildman–Crippen LogP) is 2.75. The van der Waals surface area contributed by atoms with Crippen molar-refractivity contribution in [2.45, 2.75) is 25.8 Å². The monoisotopic (exact) mass is 337 g/mol. The van der Waals surface area contributed by atoms with Crippen molar-refractivity contribution in [1.29, 1.82) is 0 Å². The molecule has 0 unspecified atom stereocenters. The fourth-order valence-corrected chi connectivity index (χ4v) is 3.29. The molecule has 3 rings (SSSR count). The molecule has 1 N–H and O–H groups in total. The summed E-state index contributed by atoms with van der Waals surface area (Å²) in [4.78, 5) is 16.6. The van der Waals surface area contributed by atoms with Crippen LogP contribution >= 0.6 is 15.9 Å². The Kier molecular flexibility index (Phi) is 3.98. The lowest BCUT2D eigenvalue weighted by Crippen LogP contribution is -2.45. The van der Waals surface area contributed by atoms with Crippen LogP contribution in [-0.2, 0) is 0 Å². The predicted molar refractivity (Wildman–Crippen MR) is 84.2 cm³/mol. The number of carbonyl (C=O) groups excluding carboxylic acids is 1. The number of benzene rings is 1. The zero-order chi connectivity index (χ0) is 14.1. The van der Waals surface area contributed by atoms with E-state index in [0.29, 0.717) is 6.04 Å². The molecule has 4 nitrogen and oxygen atoms in total. The van der Waals surface area contributed by atoms with Crippen molar-refractivity contribution in [3.63, 3.8) is 0 Å². The van der Waals surface area contributed by atoms with Gasteiger partial charge in [-0.2, -0.15) is 0 Å². The van der Waals surface area contributed by atoms with Gasteiger partial charge in [-0.15, -0.1) is 0 Å². The number of anilines is 1. The standard InChI is InChI=1S/C15H20BrN3O/c1-11-10-13(2-3-14(11)16)19-9-8-18(15(19)20)12-4-6-17-7-5-12/h2-3,10,12,17H,4-9H2,1H3. The maximum atomic E-state index is 12.6. The highest BCUT2D eigenvalue weighted by Crippen LogP contribution is 2.27. The minimum Gasteiger partial charge on any atom is -0.319 e. The third kappa shape index (κ3) is 2.56. The summed E-state index contributed by atoms with van der Waals surface area (Å²) in [5.41, 5.74) is 2.17. The summed E-state index contributed by atoms with van der Waals surface area (Å²) in [6.45, 7) is 5.73. The molecule has 0 atom stereocenters. The third-order valence-electron chi connectivity index (χ3n) is 4.24. The number of piperidine rings is 1. The number of aryl methyl sites for hydroxylation is 1. The number of hydrogen-bond donors (Lipinski definition) is 1. The molecule has 5 heteroatoms. The topological polar surface area (TPSA) is 35.6 Å². The average molecular weight is 338 g/mol. The summed E-state index contributed by atoms with van der Waals surface area (Å²) in [6, 6.07) is 6.68. The van der Waals surface area contributed by atoms with E-state index < -0.39 is 0 Å². The zero-order valence-electron chi connectivity index (χ0n) is 11.7. The molecule has 2 fully saturated rings. The van der Waals surface area contributed by atoms with Gasteiger partial charge in [-0.1, -0.05) is 15.9 Å². The van der Waals surface area contributed by atoms with Crippen LogP contribution in [-0.4, -0.2) is 43.2 Å². The van der Waals surface area contributed by atoms with Crippen LogP contribution in [0.5, 0.6) is 0 Å². The Morgan fingerprint density at radius 1 is 1.25 bits per heavy atom. The molecular weight excluding hydrogens is 318 g/mol. The lowest BCUT2D eigenvalue weighted by molar-refractivity contribution is 0.185. The lowest BCUT2D eigenvalue weighted by Gasteiger charge is -2.31. The first-order chi connectivity index (χ1) is 9.66. The molecule has 0 saturated carbocycles. The largest absolute Gasteiger partial charge is 0.324 e. The molecule has 0 aromatic heterocycles. The van der Waals surface area contributed by atoms with Crippen LogP contribution in [0.2, 0.25) is 0 Å². The average Bonchev–Trinajstić information content (AvgIpc) is 2.85. The molecule has 2 aliphatic rings. The second-order valence-electron chi connectivity index (χ2n) is 5.54. The van der Waals surface area contributed by atoms with E-state index in [9.17, 15) is 4.79 Å². The molecule has 2 aliphatic heterocycles. The maximum absolute atomic E-state index is 12.6. The number of rotatable bonds is 2. The fraction of sp³-hybridized carbons (Fsp3) is 0.533. The molecule has 20 heavy (non-hydrogen) atoms. The van der Waals surface area contributed by atoms with Gasteiger partial charge >= 0.3 is 6.03 Å². The SMILES string of the molecule is Cc1cc(N2CCN(C3CCNCC3)C2=O)ccc1Br. The van der Waals surface area contributed by atoms with E-state index in [1.807, 2.05) is 17.0 Å². The summed E-state index contributed by atoms with van der Waals surface area (Å²) in [5.74, 6) is 0. The van der Waals surface area contributed by atoms with Crippen molar-refractivity contribution in [3.05, 3.63) is 28.2 Å². The van der Waals surface area contributed by atoms with Gasteiger partial charge in [-0.25, -0.2) is 4.79 Å². The van der Waals surface area contributed by atoms with Crippen molar-refractivity contribution in [1.82, 2.24) is 10.2 Å². The Bertz CT molecular complexity index is 514. The highest BCUT2D eigenvalue weighted by atomic mass is 79.9. The molecule has 2 amide bonds. The van der Waals surface area contributed by atoms with Gasteiger partial charge in [0.1, 0.15) is 0 Å². The second-order valence-corrected chi connectivity index (χ2v) is 6.40. The van der Waals surface area contributed by atoms with E-state index >= 15 is 0 Å². The van der Waals surface area contributed by atoms with E-state index in [4.69, 9.17) is 0 Å².